The van der Waals surface area contributed by atoms with Crippen molar-refractivity contribution in [1.29, 1.82) is 0 Å². The Morgan fingerprint density at radius 3 is 2.77 bits per heavy atom. The van der Waals surface area contributed by atoms with E-state index in [9.17, 15) is 13.2 Å². The molecule has 3 N–H and O–H groups in total. The van der Waals surface area contributed by atoms with Gasteiger partial charge in [0.1, 0.15) is 11.9 Å². The van der Waals surface area contributed by atoms with E-state index in [2.05, 4.69) is 25.2 Å². The summed E-state index contributed by atoms with van der Waals surface area (Å²) in [5.41, 5.74) is 2.85. The molecule has 4 rings (SSSR count). The van der Waals surface area contributed by atoms with Crippen LogP contribution in [0.5, 0.6) is 0 Å². The standard InChI is InChI=1S/C22H23N5O3S/c1-2-3-10-19(25-21-17-9-4-5-11-20(17)31(29,30)27-21)22(28)24-16-8-6-7-15(14-16)18-12-13-23-26-18/h4-9,11-14,19H,2-3,10H2,1H3,(H,23,26)(H,24,28)(H,25,27). The molecule has 1 aliphatic heterocycles. The Kier molecular flexibility index (Phi) is 5.85. The molecule has 2 aromatic carbocycles. The molecule has 1 atom stereocenters. The van der Waals surface area contributed by atoms with E-state index >= 15 is 0 Å². The third-order valence-corrected chi connectivity index (χ3v) is 6.42. The first-order valence-corrected chi connectivity index (χ1v) is 11.6. The number of unbranched alkanes of at least 4 members (excludes halogenated alkanes) is 1. The van der Waals surface area contributed by atoms with Gasteiger partial charge in [0.15, 0.2) is 0 Å². The van der Waals surface area contributed by atoms with Crippen molar-refractivity contribution in [3.8, 4) is 11.3 Å². The molecular weight excluding hydrogens is 414 g/mol. The number of aromatic amines is 1. The predicted molar refractivity (Wildman–Crippen MR) is 119 cm³/mol. The fraction of sp³-hybridized carbons (Fsp3) is 0.227. The van der Waals surface area contributed by atoms with E-state index in [0.29, 0.717) is 17.7 Å². The van der Waals surface area contributed by atoms with E-state index < -0.39 is 16.1 Å². The Morgan fingerprint density at radius 2 is 2.00 bits per heavy atom. The second-order valence-corrected chi connectivity index (χ2v) is 8.93. The smallest absolute Gasteiger partial charge is 0.263 e. The third kappa shape index (κ3) is 4.51. The zero-order chi connectivity index (χ0) is 21.8. The predicted octanol–water partition coefficient (Wildman–Crippen LogP) is 3.31. The van der Waals surface area contributed by atoms with Crippen molar-refractivity contribution in [3.05, 3.63) is 66.4 Å². The van der Waals surface area contributed by atoms with Crippen LogP contribution in [0.15, 0.2) is 70.7 Å². The number of H-pyrrole nitrogens is 1. The molecule has 1 aromatic heterocycles. The number of aliphatic imine (C=N–C) groups is 1. The Morgan fingerprint density at radius 1 is 1.16 bits per heavy atom. The molecule has 1 unspecified atom stereocenters. The number of hydrogen-bond acceptors (Lipinski definition) is 5. The summed E-state index contributed by atoms with van der Waals surface area (Å²) in [5.74, 6) is -0.0793. The molecule has 0 aliphatic carbocycles. The van der Waals surface area contributed by atoms with Gasteiger partial charge in [-0.1, -0.05) is 44.0 Å². The molecule has 3 aromatic rings. The van der Waals surface area contributed by atoms with Crippen molar-refractivity contribution in [2.45, 2.75) is 37.1 Å². The zero-order valence-corrected chi connectivity index (χ0v) is 17.8. The summed E-state index contributed by atoms with van der Waals surface area (Å²) in [7, 11) is -3.66. The number of anilines is 1. The van der Waals surface area contributed by atoms with E-state index in [0.717, 1.165) is 24.1 Å². The number of hydrogen-bond donors (Lipinski definition) is 3. The molecule has 1 aliphatic rings. The Balaban J connectivity index is 1.60. The van der Waals surface area contributed by atoms with Gasteiger partial charge in [0, 0.05) is 23.0 Å². The van der Waals surface area contributed by atoms with Crippen LogP contribution in [0.1, 0.15) is 31.7 Å². The van der Waals surface area contributed by atoms with Crippen LogP contribution in [0, 0.1) is 0 Å². The van der Waals surface area contributed by atoms with Crippen molar-refractivity contribution in [1.82, 2.24) is 14.9 Å². The van der Waals surface area contributed by atoms with Crippen LogP contribution in [0.25, 0.3) is 11.3 Å². The first-order chi connectivity index (χ1) is 15.0. The minimum absolute atomic E-state index is 0.177. The molecule has 0 radical (unpaired) electrons. The molecule has 0 bridgehead atoms. The van der Waals surface area contributed by atoms with Gasteiger partial charge in [0.2, 0.25) is 5.91 Å². The number of carbonyl (C=O) groups is 1. The SMILES string of the molecule is CCCCC(N=C1NS(=O)(=O)c2ccccc21)C(=O)Nc1cccc(-c2ccn[nH]2)c1. The fourth-order valence-corrected chi connectivity index (χ4v) is 4.68. The van der Waals surface area contributed by atoms with Gasteiger partial charge in [0.25, 0.3) is 10.0 Å². The van der Waals surface area contributed by atoms with Crippen LogP contribution in [0.3, 0.4) is 0 Å². The lowest BCUT2D eigenvalue weighted by atomic mass is 10.1. The minimum Gasteiger partial charge on any atom is -0.324 e. The molecule has 0 saturated carbocycles. The highest BCUT2D eigenvalue weighted by Crippen LogP contribution is 2.24. The molecular formula is C22H23N5O3S. The molecule has 0 saturated heterocycles. The Bertz CT molecular complexity index is 1220. The van der Waals surface area contributed by atoms with Crippen LogP contribution < -0.4 is 10.0 Å². The fourth-order valence-electron chi connectivity index (χ4n) is 3.44. The lowest BCUT2D eigenvalue weighted by molar-refractivity contribution is -0.117. The van der Waals surface area contributed by atoms with Gasteiger partial charge < -0.3 is 5.32 Å². The van der Waals surface area contributed by atoms with E-state index in [1.165, 1.54) is 6.07 Å². The van der Waals surface area contributed by atoms with E-state index in [1.54, 1.807) is 30.5 Å². The summed E-state index contributed by atoms with van der Waals surface area (Å²) in [6.45, 7) is 2.03. The van der Waals surface area contributed by atoms with Crippen LogP contribution in [0.4, 0.5) is 5.69 Å². The summed E-state index contributed by atoms with van der Waals surface area (Å²) >= 11 is 0. The van der Waals surface area contributed by atoms with Gasteiger partial charge in [-0.15, -0.1) is 0 Å². The molecule has 1 amide bonds. The maximum absolute atomic E-state index is 13.1. The summed E-state index contributed by atoms with van der Waals surface area (Å²) in [4.78, 5) is 17.8. The van der Waals surface area contributed by atoms with Crippen molar-refractivity contribution in [3.63, 3.8) is 0 Å². The number of rotatable bonds is 7. The molecule has 160 valence electrons. The first kappa shape index (κ1) is 20.8. The van der Waals surface area contributed by atoms with Crippen LogP contribution in [0.2, 0.25) is 0 Å². The maximum atomic E-state index is 13.1. The lowest BCUT2D eigenvalue weighted by Crippen LogP contribution is -2.30. The highest BCUT2D eigenvalue weighted by Gasteiger charge is 2.31. The first-order valence-electron chi connectivity index (χ1n) is 10.1. The number of nitrogens with zero attached hydrogens (tertiary/aromatic N) is 2. The quantitative estimate of drug-likeness (QED) is 0.526. The number of nitrogens with one attached hydrogen (secondary N) is 3. The van der Waals surface area contributed by atoms with Gasteiger partial charge in [-0.2, -0.15) is 5.10 Å². The summed E-state index contributed by atoms with van der Waals surface area (Å²) < 4.78 is 27.2. The number of fused-ring (bicyclic) bond motifs is 1. The lowest BCUT2D eigenvalue weighted by Gasteiger charge is -2.14. The number of sulfonamides is 1. The van der Waals surface area contributed by atoms with Crippen molar-refractivity contribution < 1.29 is 13.2 Å². The molecule has 8 nitrogen and oxygen atoms in total. The van der Waals surface area contributed by atoms with E-state index in [1.807, 2.05) is 31.2 Å². The third-order valence-electron chi connectivity index (χ3n) is 5.02. The molecule has 0 fully saturated rings. The van der Waals surface area contributed by atoms with Gasteiger partial charge in [-0.3, -0.25) is 19.6 Å². The summed E-state index contributed by atoms with van der Waals surface area (Å²) in [6.07, 6.45) is 3.86. The van der Waals surface area contributed by atoms with Crippen LogP contribution in [-0.2, 0) is 14.8 Å². The second-order valence-electron chi connectivity index (χ2n) is 7.28. The number of amidine groups is 1. The average molecular weight is 438 g/mol. The van der Waals surface area contributed by atoms with Gasteiger partial charge in [0.05, 0.1) is 10.6 Å². The molecule has 9 heteroatoms. The number of amides is 1. The average Bonchev–Trinajstić information content (AvgIpc) is 3.38. The highest BCUT2D eigenvalue weighted by atomic mass is 32.2. The van der Waals surface area contributed by atoms with Crippen molar-refractivity contribution in [2.75, 3.05) is 5.32 Å². The number of aromatic nitrogens is 2. The highest BCUT2D eigenvalue weighted by molar-refractivity contribution is 7.90. The largest absolute Gasteiger partial charge is 0.324 e. The topological polar surface area (TPSA) is 116 Å². The van der Waals surface area contributed by atoms with Gasteiger partial charge in [-0.05, 0) is 36.8 Å². The van der Waals surface area contributed by atoms with Gasteiger partial charge >= 0.3 is 0 Å². The Labute approximate surface area is 180 Å². The van der Waals surface area contributed by atoms with E-state index in [4.69, 9.17) is 0 Å². The Hall–Kier alpha value is -3.46. The van der Waals surface area contributed by atoms with Crippen molar-refractivity contribution >= 4 is 27.5 Å². The van der Waals surface area contributed by atoms with Crippen LogP contribution in [-0.4, -0.2) is 36.4 Å². The van der Waals surface area contributed by atoms with Crippen LogP contribution >= 0.6 is 0 Å². The summed E-state index contributed by atoms with van der Waals surface area (Å²) in [6, 6.07) is 15.2. The normalized spacial score (nSPS) is 16.5. The number of carbonyl (C=O) groups excluding carboxylic acids is 1. The van der Waals surface area contributed by atoms with E-state index in [-0.39, 0.29) is 16.6 Å². The number of benzene rings is 2. The summed E-state index contributed by atoms with van der Waals surface area (Å²) in [5, 5.41) is 9.77. The molecule has 0 spiro atoms. The zero-order valence-electron chi connectivity index (χ0n) is 17.0. The molecule has 31 heavy (non-hydrogen) atoms. The van der Waals surface area contributed by atoms with Crippen molar-refractivity contribution in [2.24, 2.45) is 4.99 Å². The minimum atomic E-state index is -3.66. The molecule has 2 heterocycles. The van der Waals surface area contributed by atoms with Gasteiger partial charge in [-0.25, -0.2) is 8.42 Å². The maximum Gasteiger partial charge on any atom is 0.263 e. The monoisotopic (exact) mass is 437 g/mol. The second kappa shape index (κ2) is 8.73.